The van der Waals surface area contributed by atoms with Gasteiger partial charge in [-0.25, -0.2) is 0 Å². The number of hydrogen-bond donors (Lipinski definition) is 1. The Labute approximate surface area is 187 Å². The zero-order valence-electron chi connectivity index (χ0n) is 18.7. The second kappa shape index (κ2) is 9.21. The molecule has 1 N–H and O–H groups in total. The number of anilines is 1. The van der Waals surface area contributed by atoms with E-state index in [1.807, 2.05) is 49.1 Å². The van der Waals surface area contributed by atoms with Gasteiger partial charge in [0.15, 0.2) is 0 Å². The fraction of sp³-hybridized carbons (Fsp3) is 0.333. The number of hydrogen-bond acceptors (Lipinski definition) is 5. The fourth-order valence-electron chi connectivity index (χ4n) is 4.11. The first-order chi connectivity index (χ1) is 15.5. The van der Waals surface area contributed by atoms with Crippen LogP contribution in [0.5, 0.6) is 0 Å². The van der Waals surface area contributed by atoms with Gasteiger partial charge in [-0.1, -0.05) is 18.2 Å². The summed E-state index contributed by atoms with van der Waals surface area (Å²) in [5, 5.41) is 7.05. The topological polar surface area (TPSA) is 83.4 Å². The molecule has 1 saturated heterocycles. The Morgan fingerprint density at radius 2 is 1.78 bits per heavy atom. The van der Waals surface area contributed by atoms with E-state index in [4.69, 9.17) is 0 Å². The van der Waals surface area contributed by atoms with Crippen molar-refractivity contribution in [2.24, 2.45) is 0 Å². The first-order valence-corrected chi connectivity index (χ1v) is 10.8. The quantitative estimate of drug-likeness (QED) is 0.669. The van der Waals surface area contributed by atoms with Gasteiger partial charge in [0, 0.05) is 68.1 Å². The van der Waals surface area contributed by atoms with E-state index in [1.54, 1.807) is 24.1 Å². The molecule has 1 fully saturated rings. The molecule has 8 nitrogen and oxygen atoms in total. The van der Waals surface area contributed by atoms with Crippen LogP contribution in [0.2, 0.25) is 0 Å². The molecular formula is C24H28N6O2. The summed E-state index contributed by atoms with van der Waals surface area (Å²) in [6.45, 7) is 6.96. The molecule has 0 spiro atoms. The number of rotatable bonds is 5. The predicted octanol–water partition coefficient (Wildman–Crippen LogP) is 2.27. The van der Waals surface area contributed by atoms with Crippen LogP contribution in [0.15, 0.2) is 48.8 Å². The molecule has 1 aromatic carbocycles. The van der Waals surface area contributed by atoms with E-state index in [0.29, 0.717) is 18.7 Å². The Kier molecular flexibility index (Phi) is 6.20. The van der Waals surface area contributed by atoms with Crippen molar-refractivity contribution in [3.63, 3.8) is 0 Å². The third-order valence-electron chi connectivity index (χ3n) is 5.80. The Hall–Kier alpha value is -3.68. The number of pyridine rings is 1. The monoisotopic (exact) mass is 432 g/mol. The standard InChI is InChI=1S/C24H28N6O2/c1-17-12-18(2)30(27-17)16-23(31)29-10-8-28(9-11-29)22-7-5-4-6-21(22)19-13-20(15-26-14-19)24(32)25-3/h4-7,12-15H,8-11,16H2,1-3H3,(H,25,32). The first kappa shape index (κ1) is 21.5. The van der Waals surface area contributed by atoms with Crippen LogP contribution < -0.4 is 10.2 Å². The van der Waals surface area contributed by atoms with Crippen LogP contribution in [0.3, 0.4) is 0 Å². The van der Waals surface area contributed by atoms with Crippen molar-refractivity contribution >= 4 is 17.5 Å². The number of nitrogens with one attached hydrogen (secondary N) is 1. The Morgan fingerprint density at radius 3 is 2.47 bits per heavy atom. The van der Waals surface area contributed by atoms with Crippen LogP contribution >= 0.6 is 0 Å². The summed E-state index contributed by atoms with van der Waals surface area (Å²) < 4.78 is 1.77. The van der Waals surface area contributed by atoms with Gasteiger partial charge >= 0.3 is 0 Å². The van der Waals surface area contributed by atoms with E-state index in [-0.39, 0.29) is 18.4 Å². The largest absolute Gasteiger partial charge is 0.367 e. The molecule has 166 valence electrons. The molecule has 0 aliphatic carbocycles. The maximum absolute atomic E-state index is 12.8. The van der Waals surface area contributed by atoms with Crippen molar-refractivity contribution in [1.82, 2.24) is 25.0 Å². The normalized spacial score (nSPS) is 13.8. The molecule has 1 aliphatic rings. The van der Waals surface area contributed by atoms with Crippen LogP contribution in [0.4, 0.5) is 5.69 Å². The van der Waals surface area contributed by atoms with Crippen molar-refractivity contribution < 1.29 is 9.59 Å². The molecule has 3 aromatic rings. The zero-order valence-corrected chi connectivity index (χ0v) is 18.7. The number of piperazine rings is 1. The van der Waals surface area contributed by atoms with E-state index < -0.39 is 0 Å². The number of aryl methyl sites for hydroxylation is 2. The van der Waals surface area contributed by atoms with E-state index in [0.717, 1.165) is 41.3 Å². The molecule has 8 heteroatoms. The van der Waals surface area contributed by atoms with Gasteiger partial charge in [-0.3, -0.25) is 19.3 Å². The summed E-state index contributed by atoms with van der Waals surface area (Å²) in [7, 11) is 1.61. The van der Waals surface area contributed by atoms with Crippen molar-refractivity contribution in [3.8, 4) is 11.1 Å². The minimum atomic E-state index is -0.161. The van der Waals surface area contributed by atoms with Gasteiger partial charge in [-0.05, 0) is 32.0 Å². The number of nitrogens with zero attached hydrogens (tertiary/aromatic N) is 5. The maximum atomic E-state index is 12.8. The van der Waals surface area contributed by atoms with Gasteiger partial charge in [0.05, 0.1) is 11.3 Å². The summed E-state index contributed by atoms with van der Waals surface area (Å²) >= 11 is 0. The second-order valence-corrected chi connectivity index (χ2v) is 8.01. The number of benzene rings is 1. The van der Waals surface area contributed by atoms with Crippen molar-refractivity contribution in [2.75, 3.05) is 38.1 Å². The smallest absolute Gasteiger partial charge is 0.252 e. The molecule has 0 bridgehead atoms. The number of carbonyl (C=O) groups is 2. The summed E-state index contributed by atoms with van der Waals surface area (Å²) in [6, 6.07) is 12.0. The third kappa shape index (κ3) is 4.49. The highest BCUT2D eigenvalue weighted by molar-refractivity contribution is 5.95. The molecule has 0 atom stereocenters. The van der Waals surface area contributed by atoms with Crippen molar-refractivity contribution in [1.29, 1.82) is 0 Å². The van der Waals surface area contributed by atoms with Crippen LogP contribution in [-0.2, 0) is 11.3 Å². The average Bonchev–Trinajstić information content (AvgIpc) is 3.14. The summed E-state index contributed by atoms with van der Waals surface area (Å²) in [5.74, 6) is -0.0711. The third-order valence-corrected chi connectivity index (χ3v) is 5.80. The van der Waals surface area contributed by atoms with Crippen LogP contribution in [0.1, 0.15) is 21.7 Å². The van der Waals surface area contributed by atoms with E-state index in [9.17, 15) is 9.59 Å². The molecule has 0 unspecified atom stereocenters. The average molecular weight is 433 g/mol. The zero-order chi connectivity index (χ0) is 22.7. The lowest BCUT2D eigenvalue weighted by atomic mass is 10.0. The van der Waals surface area contributed by atoms with E-state index in [1.165, 1.54) is 0 Å². The molecule has 3 heterocycles. The maximum Gasteiger partial charge on any atom is 0.252 e. The lowest BCUT2D eigenvalue weighted by Crippen LogP contribution is -2.49. The molecule has 32 heavy (non-hydrogen) atoms. The number of carbonyl (C=O) groups excluding carboxylic acids is 2. The van der Waals surface area contributed by atoms with Gasteiger partial charge in [0.2, 0.25) is 5.91 Å². The molecule has 4 rings (SSSR count). The number of aromatic nitrogens is 3. The molecule has 2 amide bonds. The second-order valence-electron chi connectivity index (χ2n) is 8.01. The van der Waals surface area contributed by atoms with Gasteiger partial charge in [0.25, 0.3) is 5.91 Å². The summed E-state index contributed by atoms with van der Waals surface area (Å²) in [4.78, 5) is 33.3. The van der Waals surface area contributed by atoms with Gasteiger partial charge in [0.1, 0.15) is 6.54 Å². The number of amides is 2. The first-order valence-electron chi connectivity index (χ1n) is 10.8. The highest BCUT2D eigenvalue weighted by Crippen LogP contribution is 2.31. The van der Waals surface area contributed by atoms with Crippen LogP contribution in [-0.4, -0.2) is 64.7 Å². The molecular weight excluding hydrogens is 404 g/mol. The molecule has 0 radical (unpaired) electrons. The molecule has 1 aliphatic heterocycles. The van der Waals surface area contributed by atoms with Gasteiger partial charge in [-0.15, -0.1) is 0 Å². The Balaban J connectivity index is 1.47. The molecule has 2 aromatic heterocycles. The lowest BCUT2D eigenvalue weighted by Gasteiger charge is -2.37. The van der Waals surface area contributed by atoms with Crippen molar-refractivity contribution in [2.45, 2.75) is 20.4 Å². The van der Waals surface area contributed by atoms with E-state index >= 15 is 0 Å². The summed E-state index contributed by atoms with van der Waals surface area (Å²) in [6.07, 6.45) is 3.34. The highest BCUT2D eigenvalue weighted by atomic mass is 16.2. The van der Waals surface area contributed by atoms with Crippen molar-refractivity contribution in [3.05, 3.63) is 65.7 Å². The molecule has 0 saturated carbocycles. The van der Waals surface area contributed by atoms with E-state index in [2.05, 4.69) is 26.4 Å². The minimum absolute atomic E-state index is 0.0895. The van der Waals surface area contributed by atoms with Crippen LogP contribution in [0, 0.1) is 13.8 Å². The fourth-order valence-corrected chi connectivity index (χ4v) is 4.11. The van der Waals surface area contributed by atoms with Crippen LogP contribution in [0.25, 0.3) is 11.1 Å². The Bertz CT molecular complexity index is 1130. The highest BCUT2D eigenvalue weighted by Gasteiger charge is 2.23. The minimum Gasteiger partial charge on any atom is -0.367 e. The number of para-hydroxylation sites is 1. The van der Waals surface area contributed by atoms with Gasteiger partial charge < -0.3 is 15.1 Å². The SMILES string of the molecule is CNC(=O)c1cncc(-c2ccccc2N2CCN(C(=O)Cn3nc(C)cc3C)CC2)c1. The summed E-state index contributed by atoms with van der Waals surface area (Å²) in [5.41, 5.74) is 5.44. The Morgan fingerprint density at radius 1 is 1.03 bits per heavy atom. The van der Waals surface area contributed by atoms with Gasteiger partial charge in [-0.2, -0.15) is 5.10 Å². The lowest BCUT2D eigenvalue weighted by molar-refractivity contribution is -0.132. The predicted molar refractivity (Wildman–Crippen MR) is 124 cm³/mol.